The number of benzene rings is 1. The normalized spacial score (nSPS) is 20.4. The van der Waals surface area contributed by atoms with Crippen molar-refractivity contribution in [2.45, 2.75) is 31.7 Å². The van der Waals surface area contributed by atoms with Gasteiger partial charge in [-0.15, -0.1) is 0 Å². The summed E-state index contributed by atoms with van der Waals surface area (Å²) >= 11 is 0. The van der Waals surface area contributed by atoms with Crippen molar-refractivity contribution in [2.75, 3.05) is 26.7 Å². The zero-order valence-electron chi connectivity index (χ0n) is 15.4. The van der Waals surface area contributed by atoms with E-state index in [9.17, 15) is 14.0 Å². The first-order valence-corrected chi connectivity index (χ1v) is 9.37. The lowest BCUT2D eigenvalue weighted by molar-refractivity contribution is 0.0699. The van der Waals surface area contributed by atoms with Crippen LogP contribution in [0.25, 0.3) is 0 Å². The largest absolute Gasteiger partial charge is 0.338 e. The van der Waals surface area contributed by atoms with Crippen molar-refractivity contribution in [3.8, 4) is 0 Å². The number of hydrogen-bond donors (Lipinski definition) is 1. The molecule has 27 heavy (non-hydrogen) atoms. The van der Waals surface area contributed by atoms with Crippen molar-refractivity contribution in [1.29, 1.82) is 0 Å². The zero-order chi connectivity index (χ0) is 19.0. The Labute approximate surface area is 157 Å². The molecule has 2 aliphatic rings. The van der Waals surface area contributed by atoms with E-state index in [2.05, 4.69) is 9.88 Å². The van der Waals surface area contributed by atoms with Crippen LogP contribution < -0.4 is 5.56 Å². The van der Waals surface area contributed by atoms with Crippen LogP contribution in [-0.4, -0.2) is 52.4 Å². The molecule has 1 N–H and O–H groups in total. The minimum Gasteiger partial charge on any atom is -0.338 e. The molecule has 142 valence electrons. The summed E-state index contributed by atoms with van der Waals surface area (Å²) in [7, 11) is 1.99. The molecule has 0 unspecified atom stereocenters. The van der Waals surface area contributed by atoms with Crippen LogP contribution in [0.3, 0.4) is 0 Å². The minimum absolute atomic E-state index is 0.0351. The third-order valence-electron chi connectivity index (χ3n) is 5.48. The summed E-state index contributed by atoms with van der Waals surface area (Å²) in [6.45, 7) is 2.52. The lowest BCUT2D eigenvalue weighted by Gasteiger charge is -2.33. The summed E-state index contributed by atoms with van der Waals surface area (Å²) in [5, 5.41) is 0. The summed E-state index contributed by atoms with van der Waals surface area (Å²) in [5.74, 6) is -0.199. The number of halogens is 1. The van der Waals surface area contributed by atoms with E-state index in [-0.39, 0.29) is 22.9 Å². The number of nitrogens with zero attached hydrogens (tertiary/aromatic N) is 3. The Morgan fingerprint density at radius 2 is 2.11 bits per heavy atom. The Kier molecular flexibility index (Phi) is 4.78. The lowest BCUT2D eigenvalue weighted by atomic mass is 9.95. The number of H-pyrrole nitrogens is 1. The summed E-state index contributed by atoms with van der Waals surface area (Å²) < 4.78 is 14.0. The highest BCUT2D eigenvalue weighted by Crippen LogP contribution is 2.26. The monoisotopic (exact) mass is 370 g/mol. The number of fused-ring (bicyclic) bond motifs is 1. The number of carbonyl (C=O) groups excluding carboxylic acids is 1. The number of piperidine rings is 1. The van der Waals surface area contributed by atoms with Gasteiger partial charge in [0.05, 0.1) is 16.8 Å². The number of aromatic nitrogens is 2. The SMILES string of the molecule is CN1CCc2nc([C@H]3CCCN(C(=O)c4ccccc4F)C3)[nH]c(=O)c2C1. The first kappa shape index (κ1) is 17.9. The molecule has 7 heteroatoms. The highest BCUT2D eigenvalue weighted by molar-refractivity contribution is 5.94. The van der Waals surface area contributed by atoms with Crippen LogP contribution in [0.4, 0.5) is 4.39 Å². The average molecular weight is 370 g/mol. The van der Waals surface area contributed by atoms with Gasteiger partial charge in [-0.25, -0.2) is 9.37 Å². The molecule has 2 aromatic rings. The van der Waals surface area contributed by atoms with E-state index in [1.807, 2.05) is 7.05 Å². The van der Waals surface area contributed by atoms with Gasteiger partial charge < -0.3 is 14.8 Å². The maximum atomic E-state index is 14.0. The number of hydrogen-bond acceptors (Lipinski definition) is 4. The van der Waals surface area contributed by atoms with Crippen molar-refractivity contribution in [1.82, 2.24) is 19.8 Å². The number of aromatic amines is 1. The zero-order valence-corrected chi connectivity index (χ0v) is 15.4. The molecular formula is C20H23FN4O2. The Morgan fingerprint density at radius 1 is 1.30 bits per heavy atom. The molecule has 3 heterocycles. The van der Waals surface area contributed by atoms with Crippen molar-refractivity contribution < 1.29 is 9.18 Å². The highest BCUT2D eigenvalue weighted by atomic mass is 19.1. The maximum Gasteiger partial charge on any atom is 0.256 e. The van der Waals surface area contributed by atoms with Gasteiger partial charge in [0.2, 0.25) is 0 Å². The smallest absolute Gasteiger partial charge is 0.256 e. The van der Waals surface area contributed by atoms with Crippen molar-refractivity contribution in [2.24, 2.45) is 0 Å². The van der Waals surface area contributed by atoms with Gasteiger partial charge in [0.25, 0.3) is 11.5 Å². The second kappa shape index (κ2) is 7.23. The van der Waals surface area contributed by atoms with Gasteiger partial charge in [-0.1, -0.05) is 12.1 Å². The predicted octanol–water partition coefficient (Wildman–Crippen LogP) is 1.92. The van der Waals surface area contributed by atoms with E-state index in [4.69, 9.17) is 4.98 Å². The molecule has 0 aliphatic carbocycles. The van der Waals surface area contributed by atoms with Gasteiger partial charge in [0.1, 0.15) is 11.6 Å². The number of amides is 1. The molecule has 0 radical (unpaired) electrons. The quantitative estimate of drug-likeness (QED) is 0.877. The second-order valence-electron chi connectivity index (χ2n) is 7.43. The van der Waals surface area contributed by atoms with Gasteiger partial charge in [0.15, 0.2) is 0 Å². The van der Waals surface area contributed by atoms with Crippen LogP contribution in [0.5, 0.6) is 0 Å². The van der Waals surface area contributed by atoms with Gasteiger partial charge in [0, 0.05) is 38.5 Å². The van der Waals surface area contributed by atoms with Crippen LogP contribution in [0, 0.1) is 5.82 Å². The predicted molar refractivity (Wildman–Crippen MR) is 99.2 cm³/mol. The third kappa shape index (κ3) is 3.51. The van der Waals surface area contributed by atoms with Crippen LogP contribution >= 0.6 is 0 Å². The number of carbonyl (C=O) groups is 1. The van der Waals surface area contributed by atoms with Crippen LogP contribution in [0.2, 0.25) is 0 Å². The van der Waals surface area contributed by atoms with E-state index in [0.29, 0.717) is 25.5 Å². The first-order valence-electron chi connectivity index (χ1n) is 9.37. The Morgan fingerprint density at radius 3 is 2.93 bits per heavy atom. The molecule has 0 spiro atoms. The Balaban J connectivity index is 1.57. The fraction of sp³-hybridized carbons (Fsp3) is 0.450. The second-order valence-corrected chi connectivity index (χ2v) is 7.43. The van der Waals surface area contributed by atoms with Crippen molar-refractivity contribution >= 4 is 5.91 Å². The first-order chi connectivity index (χ1) is 13.0. The molecule has 1 atom stereocenters. The van der Waals surface area contributed by atoms with Crippen LogP contribution in [-0.2, 0) is 13.0 Å². The summed E-state index contributed by atoms with van der Waals surface area (Å²) in [5.41, 5.74) is 1.61. The number of likely N-dealkylation sites (N-methyl/N-ethyl adjacent to an activating group) is 1. The standard InChI is InChI=1S/C20H23FN4O2/c1-24-10-8-17-15(12-24)19(26)23-18(22-17)13-5-4-9-25(11-13)20(27)14-6-2-3-7-16(14)21/h2-3,6-7,13H,4-5,8-12H2,1H3,(H,22,23,26)/t13-/m0/s1. The van der Waals surface area contributed by atoms with Gasteiger partial charge in [-0.3, -0.25) is 9.59 Å². The van der Waals surface area contributed by atoms with E-state index in [1.165, 1.54) is 12.1 Å². The van der Waals surface area contributed by atoms with E-state index < -0.39 is 5.82 Å². The van der Waals surface area contributed by atoms with Gasteiger partial charge >= 0.3 is 0 Å². The van der Waals surface area contributed by atoms with E-state index in [0.717, 1.165) is 37.1 Å². The fourth-order valence-electron chi connectivity index (χ4n) is 3.96. The van der Waals surface area contributed by atoms with Crippen LogP contribution in [0.1, 0.15) is 46.2 Å². The molecule has 1 saturated heterocycles. The van der Waals surface area contributed by atoms with Gasteiger partial charge in [-0.2, -0.15) is 0 Å². The molecule has 1 aromatic heterocycles. The van der Waals surface area contributed by atoms with E-state index in [1.54, 1.807) is 17.0 Å². The van der Waals surface area contributed by atoms with Gasteiger partial charge in [-0.05, 0) is 32.0 Å². The molecule has 1 amide bonds. The number of likely N-dealkylation sites (tertiary alicyclic amines) is 1. The molecule has 0 bridgehead atoms. The number of rotatable bonds is 2. The van der Waals surface area contributed by atoms with Crippen molar-refractivity contribution in [3.05, 3.63) is 63.1 Å². The minimum atomic E-state index is -0.506. The molecule has 0 saturated carbocycles. The third-order valence-corrected chi connectivity index (χ3v) is 5.48. The Hall–Kier alpha value is -2.54. The molecule has 1 aromatic carbocycles. The average Bonchev–Trinajstić information content (AvgIpc) is 2.68. The van der Waals surface area contributed by atoms with E-state index >= 15 is 0 Å². The molecule has 1 fully saturated rings. The fourth-order valence-corrected chi connectivity index (χ4v) is 3.96. The van der Waals surface area contributed by atoms with Crippen LogP contribution in [0.15, 0.2) is 29.1 Å². The topological polar surface area (TPSA) is 69.3 Å². The Bertz CT molecular complexity index is 926. The molecule has 2 aliphatic heterocycles. The van der Waals surface area contributed by atoms with Crippen molar-refractivity contribution in [3.63, 3.8) is 0 Å². The number of nitrogens with one attached hydrogen (secondary N) is 1. The summed E-state index contributed by atoms with van der Waals surface area (Å²) in [6.07, 6.45) is 2.41. The summed E-state index contributed by atoms with van der Waals surface area (Å²) in [6, 6.07) is 6.05. The molecule has 4 rings (SSSR count). The highest BCUT2D eigenvalue weighted by Gasteiger charge is 2.29. The molecular weight excluding hydrogens is 347 g/mol. The summed E-state index contributed by atoms with van der Waals surface area (Å²) in [4.78, 5) is 36.6. The lowest BCUT2D eigenvalue weighted by Crippen LogP contribution is -2.41. The molecule has 6 nitrogen and oxygen atoms in total. The maximum absolute atomic E-state index is 14.0.